The lowest BCUT2D eigenvalue weighted by atomic mass is 10.1. The van der Waals surface area contributed by atoms with Gasteiger partial charge >= 0.3 is 0 Å². The topological polar surface area (TPSA) is 34.9 Å². The number of thiophene rings is 1. The SMILES string of the molecule is Cc1cc(/C=C/C(=O)c2cnn(C)c2C)c(C)s1. The summed E-state index contributed by atoms with van der Waals surface area (Å²) in [6.45, 7) is 6.04. The lowest BCUT2D eigenvalue weighted by molar-refractivity contribution is 0.104. The number of aromatic nitrogens is 2. The van der Waals surface area contributed by atoms with Gasteiger partial charge in [-0.1, -0.05) is 0 Å². The van der Waals surface area contributed by atoms with Crippen molar-refractivity contribution in [2.24, 2.45) is 7.05 Å². The molecule has 0 radical (unpaired) electrons. The quantitative estimate of drug-likeness (QED) is 0.627. The molecule has 0 aliphatic carbocycles. The van der Waals surface area contributed by atoms with E-state index in [0.29, 0.717) is 5.56 Å². The fraction of sp³-hybridized carbons (Fsp3) is 0.286. The zero-order valence-corrected chi connectivity index (χ0v) is 11.8. The molecule has 0 aliphatic rings. The predicted octanol–water partition coefficient (Wildman–Crippen LogP) is 3.30. The molecule has 0 aromatic carbocycles. The molecule has 0 N–H and O–H groups in total. The van der Waals surface area contributed by atoms with Gasteiger partial charge in [0.05, 0.1) is 11.8 Å². The van der Waals surface area contributed by atoms with Gasteiger partial charge in [-0.2, -0.15) is 5.10 Å². The first-order chi connectivity index (χ1) is 8.49. The lowest BCUT2D eigenvalue weighted by Crippen LogP contribution is -1.98. The van der Waals surface area contributed by atoms with E-state index in [2.05, 4.69) is 25.0 Å². The molecule has 0 spiro atoms. The van der Waals surface area contributed by atoms with Crippen LogP contribution in [0.4, 0.5) is 0 Å². The molecule has 18 heavy (non-hydrogen) atoms. The summed E-state index contributed by atoms with van der Waals surface area (Å²) < 4.78 is 1.71. The molecule has 0 amide bonds. The summed E-state index contributed by atoms with van der Waals surface area (Å²) in [5, 5.41) is 4.08. The van der Waals surface area contributed by atoms with Gasteiger partial charge in [0.15, 0.2) is 5.78 Å². The van der Waals surface area contributed by atoms with Gasteiger partial charge in [0.1, 0.15) is 0 Å². The van der Waals surface area contributed by atoms with Crippen molar-refractivity contribution in [2.45, 2.75) is 20.8 Å². The second-order valence-corrected chi connectivity index (χ2v) is 5.79. The summed E-state index contributed by atoms with van der Waals surface area (Å²) in [6, 6.07) is 2.10. The summed E-state index contributed by atoms with van der Waals surface area (Å²) in [5.74, 6) is 0.00357. The fourth-order valence-electron chi connectivity index (χ4n) is 1.81. The van der Waals surface area contributed by atoms with Crippen molar-refractivity contribution < 1.29 is 4.79 Å². The van der Waals surface area contributed by atoms with Crippen LogP contribution >= 0.6 is 11.3 Å². The monoisotopic (exact) mass is 260 g/mol. The lowest BCUT2D eigenvalue weighted by Gasteiger charge is -1.95. The van der Waals surface area contributed by atoms with Crippen molar-refractivity contribution in [3.8, 4) is 0 Å². The number of carbonyl (C=O) groups excluding carboxylic acids is 1. The van der Waals surface area contributed by atoms with Gasteiger partial charge in [0.25, 0.3) is 0 Å². The molecule has 0 unspecified atom stereocenters. The molecule has 2 aromatic rings. The van der Waals surface area contributed by atoms with Crippen LogP contribution in [0.5, 0.6) is 0 Å². The molecule has 0 saturated carbocycles. The van der Waals surface area contributed by atoms with Crippen molar-refractivity contribution >= 4 is 23.2 Å². The maximum absolute atomic E-state index is 12.0. The summed E-state index contributed by atoms with van der Waals surface area (Å²) in [4.78, 5) is 14.5. The number of nitrogens with zero attached hydrogens (tertiary/aromatic N) is 2. The molecule has 2 aromatic heterocycles. The molecule has 0 fully saturated rings. The van der Waals surface area contributed by atoms with Gasteiger partial charge in [-0.25, -0.2) is 0 Å². The third-order valence-electron chi connectivity index (χ3n) is 2.99. The van der Waals surface area contributed by atoms with Gasteiger partial charge in [0, 0.05) is 22.5 Å². The number of hydrogen-bond donors (Lipinski definition) is 0. The van der Waals surface area contributed by atoms with Crippen LogP contribution in [0.3, 0.4) is 0 Å². The van der Waals surface area contributed by atoms with E-state index in [0.717, 1.165) is 11.3 Å². The van der Waals surface area contributed by atoms with Crippen LogP contribution in [0.1, 0.15) is 31.4 Å². The van der Waals surface area contributed by atoms with Gasteiger partial charge in [-0.05, 0) is 44.6 Å². The Morgan fingerprint density at radius 3 is 2.61 bits per heavy atom. The minimum atomic E-state index is 0.00357. The van der Waals surface area contributed by atoms with Crippen LogP contribution in [-0.4, -0.2) is 15.6 Å². The number of carbonyl (C=O) groups is 1. The zero-order chi connectivity index (χ0) is 13.3. The molecule has 0 bridgehead atoms. The Kier molecular flexibility index (Phi) is 3.48. The average Bonchev–Trinajstić information content (AvgIpc) is 2.80. The molecule has 94 valence electrons. The normalized spacial score (nSPS) is 11.3. The molecular weight excluding hydrogens is 244 g/mol. The van der Waals surface area contributed by atoms with Crippen LogP contribution in [-0.2, 0) is 7.05 Å². The molecule has 0 aliphatic heterocycles. The fourth-order valence-corrected chi connectivity index (χ4v) is 2.73. The number of aryl methyl sites for hydroxylation is 3. The van der Waals surface area contributed by atoms with E-state index in [1.807, 2.05) is 20.0 Å². The van der Waals surface area contributed by atoms with E-state index in [-0.39, 0.29) is 5.78 Å². The Morgan fingerprint density at radius 1 is 1.39 bits per heavy atom. The predicted molar refractivity (Wildman–Crippen MR) is 75.1 cm³/mol. The summed E-state index contributed by atoms with van der Waals surface area (Å²) >= 11 is 1.74. The first kappa shape index (κ1) is 12.8. The van der Waals surface area contributed by atoms with Crippen LogP contribution in [0.2, 0.25) is 0 Å². The van der Waals surface area contributed by atoms with Crippen molar-refractivity contribution in [3.63, 3.8) is 0 Å². The standard InChI is InChI=1S/C14H16N2OS/c1-9-7-12(11(3)18-9)5-6-14(17)13-8-15-16(4)10(13)2/h5-8H,1-4H3/b6-5+. The van der Waals surface area contributed by atoms with E-state index >= 15 is 0 Å². The van der Waals surface area contributed by atoms with Gasteiger partial charge in [-0.15, -0.1) is 11.3 Å². The molecule has 0 saturated heterocycles. The van der Waals surface area contributed by atoms with Crippen LogP contribution in [0, 0.1) is 20.8 Å². The second-order valence-electron chi connectivity index (χ2n) is 4.33. The second kappa shape index (κ2) is 4.90. The van der Waals surface area contributed by atoms with E-state index in [9.17, 15) is 4.79 Å². The highest BCUT2D eigenvalue weighted by Gasteiger charge is 2.10. The van der Waals surface area contributed by atoms with Crippen molar-refractivity contribution in [3.05, 3.63) is 44.9 Å². The Balaban J connectivity index is 2.22. The Bertz CT molecular complexity index is 620. The number of rotatable bonds is 3. The Hall–Kier alpha value is -1.68. The molecule has 2 rings (SSSR count). The van der Waals surface area contributed by atoms with Gasteiger partial charge in [0.2, 0.25) is 0 Å². The zero-order valence-electron chi connectivity index (χ0n) is 11.0. The van der Waals surface area contributed by atoms with Crippen LogP contribution in [0.25, 0.3) is 6.08 Å². The average molecular weight is 260 g/mol. The maximum Gasteiger partial charge on any atom is 0.189 e. The maximum atomic E-state index is 12.0. The molecule has 3 nitrogen and oxygen atoms in total. The first-order valence-electron chi connectivity index (χ1n) is 5.77. The van der Waals surface area contributed by atoms with Crippen LogP contribution < -0.4 is 0 Å². The van der Waals surface area contributed by atoms with Gasteiger partial charge < -0.3 is 0 Å². The smallest absolute Gasteiger partial charge is 0.189 e. The highest BCUT2D eigenvalue weighted by atomic mass is 32.1. The van der Waals surface area contributed by atoms with Crippen molar-refractivity contribution in [2.75, 3.05) is 0 Å². The van der Waals surface area contributed by atoms with Gasteiger partial charge in [-0.3, -0.25) is 9.48 Å². The first-order valence-corrected chi connectivity index (χ1v) is 6.58. The molecule has 2 heterocycles. The largest absolute Gasteiger partial charge is 0.289 e. The summed E-state index contributed by atoms with van der Waals surface area (Å²) in [5.41, 5.74) is 2.67. The van der Waals surface area contributed by atoms with Crippen molar-refractivity contribution in [1.29, 1.82) is 0 Å². The Morgan fingerprint density at radius 2 is 2.11 bits per heavy atom. The number of allylic oxidation sites excluding steroid dienone is 1. The van der Waals surface area contributed by atoms with Crippen molar-refractivity contribution in [1.82, 2.24) is 9.78 Å². The molecule has 0 atom stereocenters. The van der Waals surface area contributed by atoms with E-state index in [1.54, 1.807) is 28.3 Å². The highest BCUT2D eigenvalue weighted by Crippen LogP contribution is 2.22. The minimum Gasteiger partial charge on any atom is -0.289 e. The summed E-state index contributed by atoms with van der Waals surface area (Å²) in [6.07, 6.45) is 5.12. The molecule has 4 heteroatoms. The van der Waals surface area contributed by atoms with E-state index in [4.69, 9.17) is 0 Å². The minimum absolute atomic E-state index is 0.00357. The molecular formula is C14H16N2OS. The van der Waals surface area contributed by atoms with E-state index < -0.39 is 0 Å². The Labute approximate surface area is 111 Å². The number of hydrogen-bond acceptors (Lipinski definition) is 3. The van der Waals surface area contributed by atoms with E-state index in [1.165, 1.54) is 9.75 Å². The number of ketones is 1. The third-order valence-corrected chi connectivity index (χ3v) is 3.98. The third kappa shape index (κ3) is 2.43. The summed E-state index contributed by atoms with van der Waals surface area (Å²) in [7, 11) is 1.84. The van der Waals surface area contributed by atoms with Crippen LogP contribution in [0.15, 0.2) is 18.3 Å². The highest BCUT2D eigenvalue weighted by molar-refractivity contribution is 7.12.